The lowest BCUT2D eigenvalue weighted by molar-refractivity contribution is -0.118. The number of ether oxygens (including phenoxy) is 1. The molecule has 6 nitrogen and oxygen atoms in total. The van der Waals surface area contributed by atoms with Crippen LogP contribution in [0.1, 0.15) is 10.4 Å². The fourth-order valence-electron chi connectivity index (χ4n) is 1.09. The van der Waals surface area contributed by atoms with E-state index in [1.807, 2.05) is 0 Å². The van der Waals surface area contributed by atoms with Gasteiger partial charge in [0, 0.05) is 6.20 Å². The van der Waals surface area contributed by atoms with Crippen LogP contribution in [-0.4, -0.2) is 23.6 Å². The minimum atomic E-state index is -0.737. The molecule has 0 aliphatic rings. The number of esters is 1. The third-order valence-electron chi connectivity index (χ3n) is 1.75. The average molecular weight is 210 g/mol. The van der Waals surface area contributed by atoms with Gasteiger partial charge in [-0.3, -0.25) is 9.59 Å². The summed E-state index contributed by atoms with van der Waals surface area (Å²) >= 11 is 0. The number of carbonyl (C=O) groups excluding carboxylic acids is 2. The molecular weight excluding hydrogens is 200 g/mol. The molecule has 0 spiro atoms. The Morgan fingerprint density at radius 1 is 1.53 bits per heavy atom. The van der Waals surface area contributed by atoms with E-state index in [1.165, 1.54) is 25.4 Å². The first kappa shape index (κ1) is 11.0. The van der Waals surface area contributed by atoms with E-state index < -0.39 is 17.4 Å². The molecule has 80 valence electrons. The number of amides is 1. The third-order valence-corrected chi connectivity index (χ3v) is 1.75. The van der Waals surface area contributed by atoms with Crippen molar-refractivity contribution in [1.82, 2.24) is 4.57 Å². The van der Waals surface area contributed by atoms with Gasteiger partial charge in [0.15, 0.2) is 0 Å². The van der Waals surface area contributed by atoms with Crippen molar-refractivity contribution in [2.75, 3.05) is 7.11 Å². The normalized spacial score (nSPS) is 9.67. The van der Waals surface area contributed by atoms with Crippen LogP contribution in [0.3, 0.4) is 0 Å². The highest BCUT2D eigenvalue weighted by Crippen LogP contribution is 1.94. The zero-order chi connectivity index (χ0) is 11.4. The Hall–Kier alpha value is -2.11. The molecule has 2 N–H and O–H groups in total. The summed E-state index contributed by atoms with van der Waals surface area (Å²) in [5.74, 6) is -1.39. The third kappa shape index (κ3) is 2.43. The maximum Gasteiger partial charge on any atom is 0.343 e. The molecule has 0 fully saturated rings. The summed E-state index contributed by atoms with van der Waals surface area (Å²) in [5.41, 5.74) is 4.22. The topological polar surface area (TPSA) is 91.4 Å². The average Bonchev–Trinajstić information content (AvgIpc) is 2.19. The van der Waals surface area contributed by atoms with Gasteiger partial charge in [-0.25, -0.2) is 4.79 Å². The zero-order valence-corrected chi connectivity index (χ0v) is 8.10. The van der Waals surface area contributed by atoms with E-state index in [1.54, 1.807) is 0 Å². The second-order valence-electron chi connectivity index (χ2n) is 2.81. The molecular formula is C9H10N2O4. The number of hydrogen-bond donors (Lipinski definition) is 1. The number of aromatic nitrogens is 1. The van der Waals surface area contributed by atoms with Crippen molar-refractivity contribution < 1.29 is 14.3 Å². The van der Waals surface area contributed by atoms with E-state index in [2.05, 4.69) is 4.74 Å². The summed E-state index contributed by atoms with van der Waals surface area (Å²) in [7, 11) is 1.17. The van der Waals surface area contributed by atoms with Gasteiger partial charge in [-0.1, -0.05) is 0 Å². The Balaban J connectivity index is 3.17. The first-order valence-corrected chi connectivity index (χ1v) is 4.12. The Labute approximate surface area is 85.3 Å². The summed E-state index contributed by atoms with van der Waals surface area (Å²) in [6.45, 7) is -0.260. The highest BCUT2D eigenvalue weighted by atomic mass is 16.5. The molecule has 1 aromatic rings. The van der Waals surface area contributed by atoms with E-state index in [9.17, 15) is 14.4 Å². The number of nitrogens with zero attached hydrogens (tertiary/aromatic N) is 1. The van der Waals surface area contributed by atoms with Crippen LogP contribution in [0.25, 0.3) is 0 Å². The van der Waals surface area contributed by atoms with E-state index in [0.29, 0.717) is 0 Å². The largest absolute Gasteiger partial charge is 0.465 e. The predicted molar refractivity (Wildman–Crippen MR) is 51.2 cm³/mol. The molecule has 6 heteroatoms. The van der Waals surface area contributed by atoms with Gasteiger partial charge in [-0.05, 0) is 12.1 Å². The molecule has 0 aliphatic carbocycles. The Morgan fingerprint density at radius 3 is 2.73 bits per heavy atom. The number of pyridine rings is 1. The van der Waals surface area contributed by atoms with Gasteiger partial charge in [-0.15, -0.1) is 0 Å². The molecule has 1 amide bonds. The van der Waals surface area contributed by atoms with Crippen LogP contribution >= 0.6 is 0 Å². The van der Waals surface area contributed by atoms with Crippen LogP contribution in [0, 0.1) is 0 Å². The molecule has 0 bridgehead atoms. The molecule has 0 atom stereocenters. The monoisotopic (exact) mass is 210 g/mol. The maximum atomic E-state index is 11.6. The van der Waals surface area contributed by atoms with E-state index in [0.717, 1.165) is 4.57 Å². The summed E-state index contributed by atoms with van der Waals surface area (Å²) in [6.07, 6.45) is 1.37. The first-order valence-electron chi connectivity index (χ1n) is 4.12. The molecule has 0 saturated heterocycles. The van der Waals surface area contributed by atoms with E-state index in [4.69, 9.17) is 5.73 Å². The van der Waals surface area contributed by atoms with Crippen molar-refractivity contribution in [2.24, 2.45) is 5.73 Å². The fourth-order valence-corrected chi connectivity index (χ4v) is 1.09. The maximum absolute atomic E-state index is 11.6. The van der Waals surface area contributed by atoms with Gasteiger partial charge in [-0.2, -0.15) is 0 Å². The molecule has 0 aromatic carbocycles. The second-order valence-corrected chi connectivity index (χ2v) is 2.81. The molecule has 1 rings (SSSR count). The fraction of sp³-hybridized carbons (Fsp3) is 0.222. The van der Waals surface area contributed by atoms with E-state index >= 15 is 0 Å². The number of hydrogen-bond acceptors (Lipinski definition) is 4. The van der Waals surface area contributed by atoms with Gasteiger partial charge in [0.25, 0.3) is 5.56 Å². The number of methoxy groups -OCH3 is 1. The van der Waals surface area contributed by atoms with Crippen molar-refractivity contribution in [3.8, 4) is 0 Å². The van der Waals surface area contributed by atoms with Crippen LogP contribution in [0.4, 0.5) is 0 Å². The highest BCUT2D eigenvalue weighted by Gasteiger charge is 2.12. The number of nitrogens with two attached hydrogens (primary N) is 1. The van der Waals surface area contributed by atoms with Crippen LogP contribution in [0.2, 0.25) is 0 Å². The van der Waals surface area contributed by atoms with Gasteiger partial charge in [0.1, 0.15) is 12.1 Å². The lowest BCUT2D eigenvalue weighted by Gasteiger charge is -2.04. The van der Waals surface area contributed by atoms with Crippen molar-refractivity contribution in [3.05, 3.63) is 34.2 Å². The van der Waals surface area contributed by atoms with Crippen molar-refractivity contribution in [1.29, 1.82) is 0 Å². The summed E-state index contributed by atoms with van der Waals surface area (Å²) < 4.78 is 5.46. The van der Waals surface area contributed by atoms with Crippen LogP contribution in [0.5, 0.6) is 0 Å². The standard InChI is InChI=1S/C9H10N2O4/c1-15-9(14)6-3-2-4-11(8(6)13)5-7(10)12/h2-4H,5H2,1H3,(H2,10,12). The molecule has 15 heavy (non-hydrogen) atoms. The first-order chi connectivity index (χ1) is 7.06. The minimum absolute atomic E-state index is 0.124. The summed E-state index contributed by atoms with van der Waals surface area (Å²) in [6, 6.07) is 2.79. The van der Waals surface area contributed by atoms with Crippen molar-refractivity contribution >= 4 is 11.9 Å². The molecule has 0 saturated carbocycles. The SMILES string of the molecule is COC(=O)c1cccn(CC(N)=O)c1=O. The van der Waals surface area contributed by atoms with Crippen molar-refractivity contribution in [2.45, 2.75) is 6.54 Å². The van der Waals surface area contributed by atoms with Gasteiger partial charge in [0.05, 0.1) is 7.11 Å². The highest BCUT2D eigenvalue weighted by molar-refractivity contribution is 5.88. The molecule has 0 aliphatic heterocycles. The smallest absolute Gasteiger partial charge is 0.343 e. The number of primary amides is 1. The zero-order valence-electron chi connectivity index (χ0n) is 8.10. The predicted octanol–water partition coefficient (Wildman–Crippen LogP) is -0.880. The van der Waals surface area contributed by atoms with Gasteiger partial charge < -0.3 is 15.0 Å². The lowest BCUT2D eigenvalue weighted by atomic mass is 10.3. The second kappa shape index (κ2) is 4.41. The van der Waals surface area contributed by atoms with Crippen LogP contribution in [-0.2, 0) is 16.1 Å². The Morgan fingerprint density at radius 2 is 2.20 bits per heavy atom. The molecule has 0 unspecified atom stereocenters. The summed E-state index contributed by atoms with van der Waals surface area (Å²) in [5, 5.41) is 0. The number of carbonyl (C=O) groups is 2. The molecule has 1 heterocycles. The molecule has 1 aromatic heterocycles. The molecule has 0 radical (unpaired) electrons. The minimum Gasteiger partial charge on any atom is -0.465 e. The van der Waals surface area contributed by atoms with Crippen LogP contribution < -0.4 is 11.3 Å². The number of rotatable bonds is 3. The Bertz CT molecular complexity index is 450. The van der Waals surface area contributed by atoms with Crippen molar-refractivity contribution in [3.63, 3.8) is 0 Å². The Kier molecular flexibility index (Phi) is 3.22. The van der Waals surface area contributed by atoms with Gasteiger partial charge >= 0.3 is 5.97 Å². The van der Waals surface area contributed by atoms with E-state index in [-0.39, 0.29) is 12.1 Å². The summed E-state index contributed by atoms with van der Waals surface area (Å²) in [4.78, 5) is 33.3. The quantitative estimate of drug-likeness (QED) is 0.656. The van der Waals surface area contributed by atoms with Gasteiger partial charge in [0.2, 0.25) is 5.91 Å². The van der Waals surface area contributed by atoms with Crippen LogP contribution in [0.15, 0.2) is 23.1 Å². The lowest BCUT2D eigenvalue weighted by Crippen LogP contribution is -2.31.